The summed E-state index contributed by atoms with van der Waals surface area (Å²) in [4.78, 5) is 0. The fraction of sp³-hybridized carbons (Fsp3) is 0. The van der Waals surface area contributed by atoms with E-state index < -0.39 is 0 Å². The number of rotatable bonds is 0. The Bertz CT molecular complexity index is 140. The van der Waals surface area contributed by atoms with E-state index in [4.69, 9.17) is 0 Å². The highest BCUT2D eigenvalue weighted by atomic mass is 28.1. The monoisotopic (exact) mass is 104 g/mol. The van der Waals surface area contributed by atoms with Gasteiger partial charge in [-0.2, -0.15) is 0 Å². The Morgan fingerprint density at radius 2 is 2.43 bits per heavy atom. The van der Waals surface area contributed by atoms with Crippen molar-refractivity contribution in [2.45, 2.75) is 0 Å². The molecule has 0 spiro atoms. The van der Waals surface area contributed by atoms with E-state index in [1.54, 1.807) is 0 Å². The molecular weight excluding hydrogens is 100 g/mol. The summed E-state index contributed by atoms with van der Waals surface area (Å²) in [6.07, 6.45) is 10.5. The lowest BCUT2D eigenvalue weighted by Crippen LogP contribution is -1.75. The fourth-order valence-corrected chi connectivity index (χ4v) is 0.554. The average Bonchev–Trinajstić information content (AvgIpc) is 1.69. The van der Waals surface area contributed by atoms with Gasteiger partial charge in [-0.05, 0) is 0 Å². The van der Waals surface area contributed by atoms with Crippen molar-refractivity contribution in [3.63, 3.8) is 0 Å². The molecule has 0 aliphatic heterocycles. The van der Waals surface area contributed by atoms with E-state index in [2.05, 4.69) is 16.3 Å². The van der Waals surface area contributed by atoms with Crippen LogP contribution in [0.1, 0.15) is 0 Å². The Morgan fingerprint density at radius 1 is 1.57 bits per heavy atom. The molecule has 0 amide bonds. The first-order valence-corrected chi connectivity index (χ1v) is 2.57. The van der Waals surface area contributed by atoms with Gasteiger partial charge in [-0.15, -0.1) is 0 Å². The summed E-state index contributed by atoms with van der Waals surface area (Å²) >= 11 is 0. The van der Waals surface area contributed by atoms with Gasteiger partial charge >= 0.3 is 0 Å². The third kappa shape index (κ3) is 1.11. The standard InChI is InChI=1S/C6H4Si/c7-6-4-2-1-3-5-6/h2-5H/q+1. The van der Waals surface area contributed by atoms with Crippen molar-refractivity contribution < 1.29 is 0 Å². The largest absolute Gasteiger partial charge is 0.113 e. The van der Waals surface area contributed by atoms with E-state index in [-0.39, 0.29) is 0 Å². The van der Waals surface area contributed by atoms with Crippen LogP contribution in [0.2, 0.25) is 0 Å². The van der Waals surface area contributed by atoms with Crippen molar-refractivity contribution in [3.8, 4) is 0 Å². The zero-order valence-electron chi connectivity index (χ0n) is 3.81. The van der Waals surface area contributed by atoms with Gasteiger partial charge in [0.15, 0.2) is 0 Å². The quantitative estimate of drug-likeness (QED) is 0.317. The van der Waals surface area contributed by atoms with Gasteiger partial charge in [0.05, 0.1) is 0 Å². The van der Waals surface area contributed by atoms with Gasteiger partial charge in [0.1, 0.15) is 22.4 Å². The van der Waals surface area contributed by atoms with Gasteiger partial charge in [0.25, 0.3) is 0 Å². The van der Waals surface area contributed by atoms with Gasteiger partial charge in [0.2, 0.25) is 0 Å². The van der Waals surface area contributed by atoms with E-state index in [0.717, 1.165) is 5.20 Å². The Labute approximate surface area is 46.7 Å². The van der Waals surface area contributed by atoms with Gasteiger partial charge in [0, 0.05) is 23.4 Å². The van der Waals surface area contributed by atoms with E-state index in [1.807, 2.05) is 24.3 Å². The van der Waals surface area contributed by atoms with E-state index in [1.165, 1.54) is 0 Å². The molecule has 0 aromatic carbocycles. The van der Waals surface area contributed by atoms with Crippen LogP contribution in [-0.4, -0.2) is 10.2 Å². The molecule has 0 nitrogen and oxygen atoms in total. The molecule has 0 unspecified atom stereocenters. The van der Waals surface area contributed by atoms with E-state index in [9.17, 15) is 0 Å². The first-order chi connectivity index (χ1) is 3.39. The number of hydrogen-bond donors (Lipinski definition) is 0. The summed E-state index contributed by atoms with van der Waals surface area (Å²) in [5.41, 5.74) is 0. The van der Waals surface area contributed by atoms with Crippen LogP contribution >= 0.6 is 0 Å². The van der Waals surface area contributed by atoms with Gasteiger partial charge in [-0.25, -0.2) is 0 Å². The second-order valence-electron chi connectivity index (χ2n) is 1.29. The summed E-state index contributed by atoms with van der Waals surface area (Å²) in [5, 5.41) is 1.10. The van der Waals surface area contributed by atoms with Gasteiger partial charge in [-0.3, -0.25) is 0 Å². The van der Waals surface area contributed by atoms with Gasteiger partial charge < -0.3 is 0 Å². The lowest BCUT2D eigenvalue weighted by atomic mass is 10.3. The second kappa shape index (κ2) is 1.87. The third-order valence-corrected chi connectivity index (χ3v) is 1.05. The molecule has 0 atom stereocenters. The van der Waals surface area contributed by atoms with Crippen LogP contribution in [0.5, 0.6) is 0 Å². The molecule has 3 radical (unpaired) electrons. The van der Waals surface area contributed by atoms with Crippen molar-refractivity contribution >= 4 is 10.2 Å². The van der Waals surface area contributed by atoms with Crippen LogP contribution in [0.4, 0.5) is 0 Å². The Balaban J connectivity index is 2.82. The predicted octanol–water partition coefficient (Wildman–Crippen LogP) is 0.968. The van der Waals surface area contributed by atoms with Crippen LogP contribution < -0.4 is 0 Å². The van der Waals surface area contributed by atoms with Crippen LogP contribution in [0.3, 0.4) is 0 Å². The summed E-state index contributed by atoms with van der Waals surface area (Å²) < 4.78 is 0. The maximum Gasteiger partial charge on any atom is 0.113 e. The summed E-state index contributed by atoms with van der Waals surface area (Å²) in [6, 6.07) is 0. The second-order valence-corrected chi connectivity index (χ2v) is 1.87. The van der Waals surface area contributed by atoms with Crippen molar-refractivity contribution in [2.75, 3.05) is 0 Å². The molecule has 0 heterocycles. The number of hydrogen-bond acceptors (Lipinski definition) is 0. The molecular formula is C6H4Si+. The molecule has 7 heavy (non-hydrogen) atoms. The van der Waals surface area contributed by atoms with Crippen LogP contribution in [0, 0.1) is 6.08 Å². The van der Waals surface area contributed by atoms with Crippen LogP contribution in [0.25, 0.3) is 0 Å². The van der Waals surface area contributed by atoms with E-state index >= 15 is 0 Å². The summed E-state index contributed by atoms with van der Waals surface area (Å²) in [7, 11) is 3.34. The fourth-order valence-electron chi connectivity index (χ4n) is 0.387. The molecule has 0 fully saturated rings. The summed E-state index contributed by atoms with van der Waals surface area (Å²) in [6.45, 7) is 0. The first-order valence-electron chi connectivity index (χ1n) is 2.07. The van der Waals surface area contributed by atoms with Crippen LogP contribution in [0.15, 0.2) is 29.5 Å². The Morgan fingerprint density at radius 3 is 2.71 bits per heavy atom. The molecule has 1 aliphatic carbocycles. The van der Waals surface area contributed by atoms with Crippen LogP contribution in [-0.2, 0) is 0 Å². The molecule has 0 saturated heterocycles. The average molecular weight is 104 g/mol. The highest BCUT2D eigenvalue weighted by molar-refractivity contribution is 6.23. The number of allylic oxidation sites excluding steroid dienone is 6. The van der Waals surface area contributed by atoms with Gasteiger partial charge in [-0.1, -0.05) is 0 Å². The topological polar surface area (TPSA) is 0 Å². The first kappa shape index (κ1) is 4.50. The molecule has 1 aliphatic rings. The SMILES string of the molecule is [Si]C1=CC=[C+]C=C1. The summed E-state index contributed by atoms with van der Waals surface area (Å²) in [5.74, 6) is 0. The Kier molecular flexibility index (Phi) is 1.20. The molecule has 0 N–H and O–H groups in total. The molecule has 0 aromatic rings. The van der Waals surface area contributed by atoms with Crippen molar-refractivity contribution in [1.82, 2.24) is 0 Å². The molecule has 1 heteroatoms. The highest BCUT2D eigenvalue weighted by Gasteiger charge is 1.90. The minimum atomic E-state index is 1.10. The lowest BCUT2D eigenvalue weighted by Gasteiger charge is -1.77. The highest BCUT2D eigenvalue weighted by Crippen LogP contribution is 1.95. The lowest BCUT2D eigenvalue weighted by molar-refractivity contribution is 1.71. The van der Waals surface area contributed by atoms with Crippen molar-refractivity contribution in [2.24, 2.45) is 0 Å². The molecule has 0 saturated carbocycles. The zero-order chi connectivity index (χ0) is 5.11. The Hall–Kier alpha value is -0.653. The predicted molar refractivity (Wildman–Crippen MR) is 30.8 cm³/mol. The maximum absolute atomic E-state index is 3.34. The molecule has 31 valence electrons. The molecule has 1 rings (SSSR count). The molecule has 0 bridgehead atoms. The molecule has 0 aromatic heterocycles. The van der Waals surface area contributed by atoms with Crippen molar-refractivity contribution in [1.29, 1.82) is 0 Å². The van der Waals surface area contributed by atoms with E-state index in [0.29, 0.717) is 0 Å². The maximum atomic E-state index is 3.34. The minimum Gasteiger partial charge on any atom is 0.0365 e. The van der Waals surface area contributed by atoms with Crippen molar-refractivity contribution in [3.05, 3.63) is 35.6 Å². The zero-order valence-corrected chi connectivity index (χ0v) is 4.81. The normalized spacial score (nSPS) is 15.9. The third-order valence-electron chi connectivity index (χ3n) is 0.718. The minimum absolute atomic E-state index is 1.10. The smallest absolute Gasteiger partial charge is 0.0365 e.